The molecule has 9 nitrogen and oxygen atoms in total. The minimum atomic E-state index is -1.58. The highest BCUT2D eigenvalue weighted by Crippen LogP contribution is 2.26. The van der Waals surface area contributed by atoms with E-state index in [1.54, 1.807) is 6.92 Å². The third kappa shape index (κ3) is 2.56. The molecule has 0 radical (unpaired) electrons. The third-order valence-corrected chi connectivity index (χ3v) is 4.14. The van der Waals surface area contributed by atoms with Gasteiger partial charge in [0.1, 0.15) is 24.5 Å². The molecule has 2 aliphatic rings. The van der Waals surface area contributed by atoms with Crippen LogP contribution in [0.4, 0.5) is 0 Å². The van der Waals surface area contributed by atoms with Crippen molar-refractivity contribution in [1.82, 2.24) is 10.0 Å². The van der Waals surface area contributed by atoms with Gasteiger partial charge in [-0.15, -0.1) is 0 Å². The van der Waals surface area contributed by atoms with Gasteiger partial charge in [0.2, 0.25) is 0 Å². The SMILES string of the molecule is CC1C(O)C(O)C(O)CN1N1CC(O)C(O)C(O)C1O. The largest absolute Gasteiger partial charge is 0.389 e. The summed E-state index contributed by atoms with van der Waals surface area (Å²) in [6.45, 7) is 1.33. The van der Waals surface area contributed by atoms with Gasteiger partial charge < -0.3 is 35.7 Å². The minimum absolute atomic E-state index is 0.0774. The monoisotopic (exact) mass is 294 g/mol. The second kappa shape index (κ2) is 5.79. The molecular formula is C11H22N2O7. The van der Waals surface area contributed by atoms with Crippen molar-refractivity contribution >= 4 is 0 Å². The summed E-state index contributed by atoms with van der Waals surface area (Å²) in [4.78, 5) is 0. The van der Waals surface area contributed by atoms with Crippen LogP contribution in [-0.2, 0) is 0 Å². The molecule has 0 spiro atoms. The van der Waals surface area contributed by atoms with Crippen molar-refractivity contribution < 1.29 is 35.7 Å². The Morgan fingerprint density at radius 3 is 1.65 bits per heavy atom. The second-order valence-electron chi connectivity index (χ2n) is 5.50. The molecule has 118 valence electrons. The van der Waals surface area contributed by atoms with Crippen molar-refractivity contribution in [2.75, 3.05) is 13.1 Å². The molecule has 20 heavy (non-hydrogen) atoms. The topological polar surface area (TPSA) is 148 Å². The smallest absolute Gasteiger partial charge is 0.148 e. The van der Waals surface area contributed by atoms with E-state index in [1.165, 1.54) is 10.0 Å². The van der Waals surface area contributed by atoms with Gasteiger partial charge in [-0.2, -0.15) is 0 Å². The van der Waals surface area contributed by atoms with Crippen LogP contribution in [-0.4, -0.2) is 108 Å². The van der Waals surface area contributed by atoms with Gasteiger partial charge in [-0.25, -0.2) is 10.0 Å². The van der Waals surface area contributed by atoms with Crippen LogP contribution in [0, 0.1) is 0 Å². The number of rotatable bonds is 1. The summed E-state index contributed by atoms with van der Waals surface area (Å²) >= 11 is 0. The van der Waals surface area contributed by atoms with Gasteiger partial charge in [-0.3, -0.25) is 0 Å². The molecule has 0 aromatic carbocycles. The maximum absolute atomic E-state index is 9.97. The van der Waals surface area contributed by atoms with E-state index in [0.29, 0.717) is 0 Å². The summed E-state index contributed by atoms with van der Waals surface area (Å²) in [5.41, 5.74) is 0. The first-order valence-corrected chi connectivity index (χ1v) is 6.55. The van der Waals surface area contributed by atoms with Crippen LogP contribution in [0.5, 0.6) is 0 Å². The molecule has 2 aliphatic heterocycles. The molecule has 7 N–H and O–H groups in total. The van der Waals surface area contributed by atoms with Gasteiger partial charge in [0.15, 0.2) is 0 Å². The number of hydrogen-bond acceptors (Lipinski definition) is 9. The van der Waals surface area contributed by atoms with Crippen molar-refractivity contribution in [3.63, 3.8) is 0 Å². The average molecular weight is 294 g/mol. The van der Waals surface area contributed by atoms with Crippen LogP contribution in [0.2, 0.25) is 0 Å². The fourth-order valence-corrected chi connectivity index (χ4v) is 2.74. The summed E-state index contributed by atoms with van der Waals surface area (Å²) in [6.07, 6.45) is -9.58. The number of β-amino-alcohol motifs (C(OH)–C–C–N with tert-alkyl or cyclic N) is 2. The summed E-state index contributed by atoms with van der Waals surface area (Å²) < 4.78 is 0. The molecule has 0 bridgehead atoms. The molecule has 2 fully saturated rings. The molecule has 8 unspecified atom stereocenters. The van der Waals surface area contributed by atoms with Crippen molar-refractivity contribution in [2.45, 2.75) is 55.8 Å². The van der Waals surface area contributed by atoms with Crippen molar-refractivity contribution in [3.05, 3.63) is 0 Å². The Bertz CT molecular complexity index is 315. The Balaban J connectivity index is 2.17. The lowest BCUT2D eigenvalue weighted by atomic mass is 9.95. The second-order valence-corrected chi connectivity index (χ2v) is 5.50. The molecule has 9 heteroatoms. The van der Waals surface area contributed by atoms with E-state index in [-0.39, 0.29) is 13.1 Å². The van der Waals surface area contributed by atoms with E-state index in [2.05, 4.69) is 0 Å². The highest BCUT2D eigenvalue weighted by molar-refractivity contribution is 4.95. The van der Waals surface area contributed by atoms with Crippen LogP contribution in [0.1, 0.15) is 6.92 Å². The summed E-state index contributed by atoms with van der Waals surface area (Å²) in [6, 6.07) is -0.641. The molecule has 0 amide bonds. The quantitative estimate of drug-likeness (QED) is 0.254. The number of aliphatic hydroxyl groups is 7. The molecule has 2 saturated heterocycles. The molecule has 8 atom stereocenters. The Kier molecular flexibility index (Phi) is 4.64. The lowest BCUT2D eigenvalue weighted by Crippen LogP contribution is -2.72. The predicted octanol–water partition coefficient (Wildman–Crippen LogP) is -4.60. The van der Waals surface area contributed by atoms with E-state index in [9.17, 15) is 35.7 Å². The maximum Gasteiger partial charge on any atom is 0.148 e. The summed E-state index contributed by atoms with van der Waals surface area (Å²) in [5, 5.41) is 70.6. The first-order valence-electron chi connectivity index (χ1n) is 6.55. The van der Waals surface area contributed by atoms with E-state index in [1.807, 2.05) is 0 Å². The van der Waals surface area contributed by atoms with Crippen molar-refractivity contribution in [3.8, 4) is 0 Å². The fourth-order valence-electron chi connectivity index (χ4n) is 2.74. The Morgan fingerprint density at radius 2 is 1.10 bits per heavy atom. The number of nitrogens with zero attached hydrogens (tertiary/aromatic N) is 2. The van der Waals surface area contributed by atoms with Crippen molar-refractivity contribution in [1.29, 1.82) is 0 Å². The number of piperidine rings is 2. The van der Waals surface area contributed by atoms with E-state index in [4.69, 9.17) is 0 Å². The first-order chi connectivity index (χ1) is 9.25. The molecule has 2 heterocycles. The molecule has 0 aromatic rings. The number of hydrogen-bond donors (Lipinski definition) is 7. The lowest BCUT2D eigenvalue weighted by molar-refractivity contribution is -0.286. The van der Waals surface area contributed by atoms with Crippen LogP contribution in [0.25, 0.3) is 0 Å². The maximum atomic E-state index is 9.97. The Morgan fingerprint density at radius 1 is 0.650 bits per heavy atom. The van der Waals surface area contributed by atoms with Gasteiger partial charge in [0.25, 0.3) is 0 Å². The summed E-state index contributed by atoms with van der Waals surface area (Å²) in [7, 11) is 0. The molecular weight excluding hydrogens is 272 g/mol. The van der Waals surface area contributed by atoms with Gasteiger partial charge in [0, 0.05) is 13.1 Å². The summed E-state index contributed by atoms with van der Waals surface area (Å²) in [5.74, 6) is 0. The normalized spacial score (nSPS) is 52.2. The zero-order valence-electron chi connectivity index (χ0n) is 11.1. The van der Waals surface area contributed by atoms with Gasteiger partial charge in [-0.1, -0.05) is 0 Å². The van der Waals surface area contributed by atoms with Gasteiger partial charge in [-0.05, 0) is 6.92 Å². The van der Waals surface area contributed by atoms with Gasteiger partial charge >= 0.3 is 0 Å². The Hall–Kier alpha value is -0.360. The van der Waals surface area contributed by atoms with E-state index in [0.717, 1.165) is 0 Å². The van der Waals surface area contributed by atoms with Crippen LogP contribution in [0.3, 0.4) is 0 Å². The molecule has 0 aromatic heterocycles. The molecule has 0 aliphatic carbocycles. The third-order valence-electron chi connectivity index (χ3n) is 4.14. The average Bonchev–Trinajstić information content (AvgIpc) is 2.42. The lowest BCUT2D eigenvalue weighted by Gasteiger charge is -2.52. The highest BCUT2D eigenvalue weighted by Gasteiger charge is 2.48. The molecule has 0 saturated carbocycles. The van der Waals surface area contributed by atoms with Crippen molar-refractivity contribution in [2.24, 2.45) is 0 Å². The number of aliphatic hydroxyl groups excluding tert-OH is 7. The standard InChI is InChI=1S/C11H22N2O7/c1-4-7(16)8(17)5(14)2-12(4)13-3-6(15)9(18)10(19)11(13)20/h4-11,14-20H,2-3H2,1H3. The minimum Gasteiger partial charge on any atom is -0.389 e. The van der Waals surface area contributed by atoms with Crippen LogP contribution >= 0.6 is 0 Å². The zero-order chi connectivity index (χ0) is 15.2. The van der Waals surface area contributed by atoms with E-state index >= 15 is 0 Å². The highest BCUT2D eigenvalue weighted by atomic mass is 16.4. The van der Waals surface area contributed by atoms with Crippen LogP contribution in [0.15, 0.2) is 0 Å². The predicted molar refractivity (Wildman–Crippen MR) is 64.9 cm³/mol. The van der Waals surface area contributed by atoms with E-state index < -0.39 is 48.9 Å². The Labute approximate surface area is 115 Å². The van der Waals surface area contributed by atoms with Gasteiger partial charge in [0.05, 0.1) is 24.4 Å². The first kappa shape index (κ1) is 16.0. The zero-order valence-corrected chi connectivity index (χ0v) is 11.1. The van der Waals surface area contributed by atoms with Crippen LogP contribution < -0.4 is 0 Å². The number of hydrazine groups is 1. The molecule has 2 rings (SSSR count). The fraction of sp³-hybridized carbons (Fsp3) is 1.00.